The van der Waals surface area contributed by atoms with Gasteiger partial charge in [-0.2, -0.15) is 17.9 Å². The number of nitrogens with zero attached hydrogens (tertiary/aromatic N) is 2. The van der Waals surface area contributed by atoms with Crippen molar-refractivity contribution in [2.75, 3.05) is 11.0 Å². The average Bonchev–Trinajstić information content (AvgIpc) is 3.20. The number of hydrazone groups is 1. The summed E-state index contributed by atoms with van der Waals surface area (Å²) in [5, 5.41) is 4.29. The van der Waals surface area contributed by atoms with Crippen LogP contribution in [0.3, 0.4) is 0 Å². The lowest BCUT2D eigenvalue weighted by Crippen LogP contribution is -2.28. The summed E-state index contributed by atoms with van der Waals surface area (Å²) in [6, 6.07) is 15.4. The van der Waals surface area contributed by atoms with Gasteiger partial charge in [-0.25, -0.2) is 17.2 Å². The molecule has 11 heteroatoms. The zero-order valence-corrected chi connectivity index (χ0v) is 18.9. The number of nitrogens with one attached hydrogen (secondary N) is 1. The smallest absolute Gasteiger partial charge is 0.279 e. The summed E-state index contributed by atoms with van der Waals surface area (Å²) in [7, 11) is -7.68. The lowest BCUT2D eigenvalue weighted by Gasteiger charge is -2.23. The molecule has 1 N–H and O–H groups in total. The second-order valence-electron chi connectivity index (χ2n) is 7.47. The summed E-state index contributed by atoms with van der Waals surface area (Å²) in [6.07, 6.45) is 1.11. The zero-order valence-electron chi connectivity index (χ0n) is 17.3. The van der Waals surface area contributed by atoms with E-state index in [2.05, 4.69) is 9.82 Å². The Bertz CT molecular complexity index is 1420. The highest BCUT2D eigenvalue weighted by Gasteiger charge is 2.38. The first-order chi connectivity index (χ1) is 15.5. The lowest BCUT2D eigenvalue weighted by atomic mass is 9.99. The fraction of sp³-hybridized carbons (Fsp3) is 0.136. The molecule has 0 aromatic heterocycles. The van der Waals surface area contributed by atoms with Crippen LogP contribution in [0.15, 0.2) is 82.8 Å². The Labute approximate surface area is 190 Å². The van der Waals surface area contributed by atoms with Gasteiger partial charge in [0.1, 0.15) is 11.6 Å². The molecule has 172 valence electrons. The van der Waals surface area contributed by atoms with Crippen LogP contribution >= 0.6 is 0 Å². The Morgan fingerprint density at radius 1 is 0.909 bits per heavy atom. The van der Waals surface area contributed by atoms with Gasteiger partial charge in [-0.15, -0.1) is 0 Å². The SMILES string of the molecule is CS(=O)(=O)Nc1ccc(C2=NN(S(=O)(=O)c3ccc(F)cc3)[C@H](c3ccccc3F)C2)cc1. The third kappa shape index (κ3) is 4.88. The molecule has 7 nitrogen and oxygen atoms in total. The second kappa shape index (κ2) is 8.56. The molecule has 0 amide bonds. The van der Waals surface area contributed by atoms with Gasteiger partial charge in [0.25, 0.3) is 10.0 Å². The Morgan fingerprint density at radius 2 is 1.55 bits per heavy atom. The molecule has 0 fully saturated rings. The zero-order chi connectivity index (χ0) is 23.8. The quantitative estimate of drug-likeness (QED) is 0.566. The standard InChI is InChI=1S/C22H19F2N3O4S2/c1-32(28,29)26-17-10-6-15(7-11-17)21-14-22(19-4-2-3-5-20(19)24)27(25-21)33(30,31)18-12-8-16(23)9-13-18/h2-13,22,26H,14H2,1H3/t22-/m0/s1. The van der Waals surface area contributed by atoms with Crippen molar-refractivity contribution in [2.24, 2.45) is 5.10 Å². The van der Waals surface area contributed by atoms with Gasteiger partial charge < -0.3 is 0 Å². The molecule has 3 aromatic carbocycles. The maximum absolute atomic E-state index is 14.6. The number of rotatable bonds is 6. The van der Waals surface area contributed by atoms with Crippen molar-refractivity contribution in [1.82, 2.24) is 4.41 Å². The molecule has 0 saturated carbocycles. The molecular weight excluding hydrogens is 472 g/mol. The third-order valence-electron chi connectivity index (χ3n) is 5.02. The van der Waals surface area contributed by atoms with Crippen molar-refractivity contribution in [3.63, 3.8) is 0 Å². The van der Waals surface area contributed by atoms with E-state index in [0.29, 0.717) is 17.0 Å². The first-order valence-corrected chi connectivity index (χ1v) is 13.1. The number of benzene rings is 3. The van der Waals surface area contributed by atoms with Gasteiger partial charge in [0, 0.05) is 17.7 Å². The highest BCUT2D eigenvalue weighted by atomic mass is 32.2. The highest BCUT2D eigenvalue weighted by Crippen LogP contribution is 2.38. The van der Waals surface area contributed by atoms with Crippen LogP contribution < -0.4 is 4.72 Å². The van der Waals surface area contributed by atoms with E-state index < -0.39 is 37.7 Å². The predicted octanol–water partition coefficient (Wildman–Crippen LogP) is 3.88. The molecule has 1 aliphatic heterocycles. The first-order valence-electron chi connectivity index (χ1n) is 9.75. The minimum absolute atomic E-state index is 0.0835. The van der Waals surface area contributed by atoms with Crippen molar-refractivity contribution in [3.05, 3.63) is 95.6 Å². The van der Waals surface area contributed by atoms with Gasteiger partial charge >= 0.3 is 0 Å². The summed E-state index contributed by atoms with van der Waals surface area (Å²) in [5.74, 6) is -1.17. The van der Waals surface area contributed by atoms with E-state index in [1.165, 1.54) is 30.3 Å². The van der Waals surface area contributed by atoms with Crippen molar-refractivity contribution in [2.45, 2.75) is 17.4 Å². The predicted molar refractivity (Wildman–Crippen MR) is 121 cm³/mol. The minimum atomic E-state index is -4.22. The first kappa shape index (κ1) is 22.9. The second-order valence-corrected chi connectivity index (χ2v) is 11.0. The Kier molecular flexibility index (Phi) is 5.93. The fourth-order valence-electron chi connectivity index (χ4n) is 3.52. The van der Waals surface area contributed by atoms with Crippen LogP contribution in [0.1, 0.15) is 23.6 Å². The molecule has 0 spiro atoms. The van der Waals surface area contributed by atoms with Gasteiger partial charge in [0.05, 0.1) is 22.9 Å². The van der Waals surface area contributed by atoms with Crippen LogP contribution in [-0.2, 0) is 20.0 Å². The third-order valence-corrected chi connectivity index (χ3v) is 7.32. The molecule has 0 radical (unpaired) electrons. The molecule has 4 rings (SSSR count). The fourth-order valence-corrected chi connectivity index (χ4v) is 5.51. The van der Waals surface area contributed by atoms with E-state index in [-0.39, 0.29) is 16.9 Å². The Balaban J connectivity index is 1.75. The molecule has 3 aromatic rings. The van der Waals surface area contributed by atoms with Gasteiger partial charge in [-0.3, -0.25) is 4.72 Å². The van der Waals surface area contributed by atoms with Gasteiger partial charge in [-0.05, 0) is 48.0 Å². The highest BCUT2D eigenvalue weighted by molar-refractivity contribution is 7.92. The van der Waals surface area contributed by atoms with E-state index in [4.69, 9.17) is 0 Å². The topological polar surface area (TPSA) is 95.9 Å². The van der Waals surface area contributed by atoms with Crippen LogP contribution in [0.25, 0.3) is 0 Å². The van der Waals surface area contributed by atoms with E-state index in [1.54, 1.807) is 18.2 Å². The number of halogens is 2. The molecule has 1 heterocycles. The summed E-state index contributed by atoms with van der Waals surface area (Å²) >= 11 is 0. The maximum Gasteiger partial charge on any atom is 0.279 e. The summed E-state index contributed by atoms with van der Waals surface area (Å²) in [6.45, 7) is 0. The number of hydrogen-bond donors (Lipinski definition) is 1. The number of sulfonamides is 2. The summed E-state index contributed by atoms with van der Waals surface area (Å²) in [4.78, 5) is -0.178. The van der Waals surface area contributed by atoms with Crippen LogP contribution in [0, 0.1) is 11.6 Å². The Hall–Kier alpha value is -3.31. The van der Waals surface area contributed by atoms with Gasteiger partial charge in [0.2, 0.25) is 10.0 Å². The maximum atomic E-state index is 14.6. The lowest BCUT2D eigenvalue weighted by molar-refractivity contribution is 0.362. The van der Waals surface area contributed by atoms with Crippen molar-refractivity contribution < 1.29 is 25.6 Å². The van der Waals surface area contributed by atoms with E-state index >= 15 is 0 Å². The van der Waals surface area contributed by atoms with Crippen LogP contribution in [0.5, 0.6) is 0 Å². The average molecular weight is 492 g/mol. The number of anilines is 1. The summed E-state index contributed by atoms with van der Waals surface area (Å²) in [5.41, 5.74) is 1.41. The molecule has 33 heavy (non-hydrogen) atoms. The Morgan fingerprint density at radius 3 is 2.15 bits per heavy atom. The van der Waals surface area contributed by atoms with Crippen molar-refractivity contribution in [3.8, 4) is 0 Å². The largest absolute Gasteiger partial charge is 0.284 e. The van der Waals surface area contributed by atoms with Crippen LogP contribution in [0.2, 0.25) is 0 Å². The van der Waals surface area contributed by atoms with Crippen LogP contribution in [-0.4, -0.2) is 33.2 Å². The van der Waals surface area contributed by atoms with Crippen molar-refractivity contribution in [1.29, 1.82) is 0 Å². The number of hydrogen-bond acceptors (Lipinski definition) is 5. The van der Waals surface area contributed by atoms with E-state index in [0.717, 1.165) is 34.9 Å². The van der Waals surface area contributed by atoms with E-state index in [1.807, 2.05) is 0 Å². The molecule has 0 unspecified atom stereocenters. The van der Waals surface area contributed by atoms with Gasteiger partial charge in [-0.1, -0.05) is 30.3 Å². The molecular formula is C22H19F2N3O4S2. The van der Waals surface area contributed by atoms with Crippen LogP contribution in [0.4, 0.5) is 14.5 Å². The van der Waals surface area contributed by atoms with Crippen molar-refractivity contribution >= 4 is 31.4 Å². The molecule has 0 bridgehead atoms. The molecule has 0 aliphatic carbocycles. The molecule has 0 saturated heterocycles. The normalized spacial score (nSPS) is 16.5. The van der Waals surface area contributed by atoms with Gasteiger partial charge in [0.15, 0.2) is 0 Å². The van der Waals surface area contributed by atoms with E-state index in [9.17, 15) is 25.6 Å². The molecule has 1 atom stereocenters. The minimum Gasteiger partial charge on any atom is -0.284 e. The summed E-state index contributed by atoms with van der Waals surface area (Å²) < 4.78 is 80.6. The monoisotopic (exact) mass is 491 g/mol. The molecule has 1 aliphatic rings.